The number of rotatable bonds is 3. The smallest absolute Gasteiger partial charge is 0.176 e. The van der Waals surface area contributed by atoms with E-state index in [1.807, 2.05) is 4.68 Å². The molecule has 7 nitrogen and oxygen atoms in total. The van der Waals surface area contributed by atoms with E-state index in [2.05, 4.69) is 58.6 Å². The van der Waals surface area contributed by atoms with Crippen molar-refractivity contribution in [3.05, 3.63) is 41.3 Å². The molecule has 7 heteroatoms. The Bertz CT molecular complexity index is 953. The van der Waals surface area contributed by atoms with Crippen molar-refractivity contribution in [2.75, 3.05) is 19.7 Å². The highest BCUT2D eigenvalue weighted by Gasteiger charge is 2.24. The van der Waals surface area contributed by atoms with Crippen LogP contribution in [-0.4, -0.2) is 44.7 Å². The molecule has 0 saturated carbocycles. The predicted octanol–water partition coefficient (Wildman–Crippen LogP) is 2.40. The molecule has 0 atom stereocenters. The first-order chi connectivity index (χ1) is 12.7. The molecule has 2 aliphatic rings. The molecular formula is C19H22N6O. The maximum absolute atomic E-state index is 5.94. The lowest BCUT2D eigenvalue weighted by molar-refractivity contribution is 0.326. The van der Waals surface area contributed by atoms with Gasteiger partial charge in [-0.15, -0.1) is 0 Å². The van der Waals surface area contributed by atoms with Crippen LogP contribution in [0.15, 0.2) is 24.3 Å². The zero-order valence-corrected chi connectivity index (χ0v) is 15.0. The fourth-order valence-corrected chi connectivity index (χ4v) is 3.44. The van der Waals surface area contributed by atoms with Gasteiger partial charge in [-0.25, -0.2) is 9.67 Å². The maximum atomic E-state index is 5.94. The fourth-order valence-electron chi connectivity index (χ4n) is 3.44. The third-order valence-corrected chi connectivity index (χ3v) is 5.12. The van der Waals surface area contributed by atoms with E-state index in [9.17, 15) is 0 Å². The van der Waals surface area contributed by atoms with E-state index in [0.717, 1.165) is 54.0 Å². The minimum Gasteiger partial charge on any atom is -0.491 e. The van der Waals surface area contributed by atoms with E-state index in [0.29, 0.717) is 12.5 Å². The topological polar surface area (TPSA) is 80.7 Å². The summed E-state index contributed by atoms with van der Waals surface area (Å²) in [6.45, 7) is 6.88. The van der Waals surface area contributed by atoms with Gasteiger partial charge in [0.05, 0.1) is 6.61 Å². The molecule has 3 aromatic rings. The Morgan fingerprint density at radius 1 is 1.23 bits per heavy atom. The number of hydrogen-bond acceptors (Lipinski definition) is 5. The number of aromatic amines is 1. The lowest BCUT2D eigenvalue weighted by Crippen LogP contribution is -2.39. The van der Waals surface area contributed by atoms with Crippen LogP contribution in [-0.2, 0) is 6.42 Å². The Morgan fingerprint density at radius 2 is 2.12 bits per heavy atom. The van der Waals surface area contributed by atoms with Gasteiger partial charge in [0, 0.05) is 37.0 Å². The second kappa shape index (κ2) is 5.95. The summed E-state index contributed by atoms with van der Waals surface area (Å²) < 4.78 is 7.95. The number of benzene rings is 1. The molecule has 0 amide bonds. The molecule has 0 aliphatic carbocycles. The molecule has 0 unspecified atom stereocenters. The van der Waals surface area contributed by atoms with Gasteiger partial charge in [-0.05, 0) is 23.8 Å². The summed E-state index contributed by atoms with van der Waals surface area (Å²) in [5.41, 5.74) is 4.29. The van der Waals surface area contributed by atoms with Crippen LogP contribution in [0, 0.1) is 0 Å². The van der Waals surface area contributed by atoms with E-state index in [4.69, 9.17) is 9.84 Å². The van der Waals surface area contributed by atoms with Gasteiger partial charge in [-0.2, -0.15) is 10.2 Å². The van der Waals surface area contributed by atoms with Gasteiger partial charge in [0.2, 0.25) is 0 Å². The van der Waals surface area contributed by atoms with Crippen molar-refractivity contribution >= 4 is 0 Å². The summed E-state index contributed by atoms with van der Waals surface area (Å²) in [5.74, 6) is 3.27. The van der Waals surface area contributed by atoms with E-state index in [1.54, 1.807) is 0 Å². The monoisotopic (exact) mass is 350 g/mol. The molecule has 5 rings (SSSR count). The molecule has 2 aliphatic heterocycles. The van der Waals surface area contributed by atoms with Gasteiger partial charge < -0.3 is 10.1 Å². The maximum Gasteiger partial charge on any atom is 0.176 e. The van der Waals surface area contributed by atoms with Crippen LogP contribution in [0.2, 0.25) is 0 Å². The first-order valence-corrected chi connectivity index (χ1v) is 9.18. The summed E-state index contributed by atoms with van der Waals surface area (Å²) >= 11 is 0. The summed E-state index contributed by atoms with van der Waals surface area (Å²) in [6.07, 6.45) is 0.813. The predicted molar refractivity (Wildman–Crippen MR) is 97.8 cm³/mol. The first kappa shape index (κ1) is 15.6. The van der Waals surface area contributed by atoms with Gasteiger partial charge >= 0.3 is 0 Å². The van der Waals surface area contributed by atoms with Crippen molar-refractivity contribution in [1.82, 2.24) is 30.3 Å². The van der Waals surface area contributed by atoms with Crippen molar-refractivity contribution in [1.29, 1.82) is 0 Å². The van der Waals surface area contributed by atoms with Crippen molar-refractivity contribution in [3.63, 3.8) is 0 Å². The molecule has 2 N–H and O–H groups in total. The van der Waals surface area contributed by atoms with Crippen LogP contribution in [0.5, 0.6) is 5.75 Å². The van der Waals surface area contributed by atoms with Crippen molar-refractivity contribution in [2.24, 2.45) is 0 Å². The largest absolute Gasteiger partial charge is 0.491 e. The van der Waals surface area contributed by atoms with Crippen LogP contribution < -0.4 is 10.1 Å². The minimum atomic E-state index is 0.285. The van der Waals surface area contributed by atoms with Crippen molar-refractivity contribution < 1.29 is 4.74 Å². The molecule has 26 heavy (non-hydrogen) atoms. The number of aromatic nitrogens is 5. The highest BCUT2D eigenvalue weighted by molar-refractivity contribution is 5.56. The SMILES string of the molecule is CC(C)c1n[nH]c(-c2cc3n(n2)-c2cc(C4CNC4)ccc2OCC3)n1. The van der Waals surface area contributed by atoms with Crippen molar-refractivity contribution in [2.45, 2.75) is 32.1 Å². The van der Waals surface area contributed by atoms with E-state index in [1.165, 1.54) is 5.56 Å². The second-order valence-electron chi connectivity index (χ2n) is 7.31. The molecule has 0 radical (unpaired) electrons. The molecule has 1 fully saturated rings. The zero-order chi connectivity index (χ0) is 17.7. The minimum absolute atomic E-state index is 0.285. The number of nitrogens with zero attached hydrogens (tertiary/aromatic N) is 4. The normalized spacial score (nSPS) is 16.6. The summed E-state index contributed by atoms with van der Waals surface area (Å²) in [6, 6.07) is 8.54. The molecule has 134 valence electrons. The van der Waals surface area contributed by atoms with Crippen LogP contribution in [0.25, 0.3) is 17.2 Å². The van der Waals surface area contributed by atoms with Gasteiger partial charge in [0.1, 0.15) is 17.1 Å². The van der Waals surface area contributed by atoms with Crippen molar-refractivity contribution in [3.8, 4) is 23.0 Å². The van der Waals surface area contributed by atoms with Gasteiger partial charge in [0.25, 0.3) is 0 Å². The number of hydrogen-bond donors (Lipinski definition) is 2. The van der Waals surface area contributed by atoms with Gasteiger partial charge in [0.15, 0.2) is 11.6 Å². The van der Waals surface area contributed by atoms with Crippen LogP contribution in [0.3, 0.4) is 0 Å². The van der Waals surface area contributed by atoms with Gasteiger partial charge in [-0.3, -0.25) is 5.10 Å². The Kier molecular flexibility index (Phi) is 3.56. The molecule has 0 bridgehead atoms. The Balaban J connectivity index is 1.58. The quantitative estimate of drug-likeness (QED) is 0.758. The van der Waals surface area contributed by atoms with E-state index < -0.39 is 0 Å². The van der Waals surface area contributed by atoms with Crippen LogP contribution in [0.4, 0.5) is 0 Å². The van der Waals surface area contributed by atoms with Crippen LogP contribution in [0.1, 0.15) is 42.8 Å². The summed E-state index contributed by atoms with van der Waals surface area (Å²) in [5, 5.41) is 15.5. The summed E-state index contributed by atoms with van der Waals surface area (Å²) in [7, 11) is 0. The van der Waals surface area contributed by atoms with Gasteiger partial charge in [-0.1, -0.05) is 19.9 Å². The lowest BCUT2D eigenvalue weighted by Gasteiger charge is -2.28. The Morgan fingerprint density at radius 3 is 2.85 bits per heavy atom. The number of H-pyrrole nitrogens is 1. The van der Waals surface area contributed by atoms with Crippen LogP contribution >= 0.6 is 0 Å². The third-order valence-electron chi connectivity index (χ3n) is 5.12. The third kappa shape index (κ3) is 2.50. The zero-order valence-electron chi connectivity index (χ0n) is 15.0. The van der Waals surface area contributed by atoms with E-state index >= 15 is 0 Å². The fraction of sp³-hybridized carbons (Fsp3) is 0.421. The molecule has 1 saturated heterocycles. The number of nitrogens with one attached hydrogen (secondary N) is 2. The average Bonchev–Trinajstić information content (AvgIpc) is 3.18. The number of fused-ring (bicyclic) bond motifs is 3. The number of ether oxygens (including phenoxy) is 1. The second-order valence-corrected chi connectivity index (χ2v) is 7.31. The Labute approximate surface area is 151 Å². The summed E-state index contributed by atoms with van der Waals surface area (Å²) in [4.78, 5) is 4.59. The average molecular weight is 350 g/mol. The molecule has 4 heterocycles. The Hall–Kier alpha value is -2.67. The lowest BCUT2D eigenvalue weighted by atomic mass is 9.93. The molecule has 0 spiro atoms. The molecule has 2 aromatic heterocycles. The standard InChI is InChI=1S/C19H22N6O/c1-11(2)18-21-19(23-22-18)15-8-14-5-6-26-17-4-3-12(13-9-20-10-13)7-16(17)25(14)24-15/h3-4,7-8,11,13,20H,5-6,9-10H2,1-2H3,(H,21,22,23). The molecule has 1 aromatic carbocycles. The first-order valence-electron chi connectivity index (χ1n) is 9.18. The highest BCUT2D eigenvalue weighted by atomic mass is 16.5. The molecular weight excluding hydrogens is 328 g/mol. The highest BCUT2D eigenvalue weighted by Crippen LogP contribution is 2.33. The van der Waals surface area contributed by atoms with E-state index in [-0.39, 0.29) is 5.92 Å².